The number of benzene rings is 1. The van der Waals surface area contributed by atoms with Gasteiger partial charge in [-0.15, -0.1) is 0 Å². The highest BCUT2D eigenvalue weighted by Crippen LogP contribution is 2.39. The second-order valence-electron chi connectivity index (χ2n) is 5.89. The molecule has 3 rings (SSSR count). The van der Waals surface area contributed by atoms with Crippen molar-refractivity contribution >= 4 is 0 Å². The molecule has 1 aliphatic carbocycles. The molecule has 1 aromatic rings. The van der Waals surface area contributed by atoms with Crippen LogP contribution in [0.1, 0.15) is 19.4 Å². The van der Waals surface area contributed by atoms with Crippen LogP contribution in [0.3, 0.4) is 0 Å². The molecule has 0 spiro atoms. The standard InChI is InChI=1S/C15H21NO4/c1-15(2)19-12-10(16)11(17)13(14(12)20-15)18-8-9-6-4-3-5-7-9/h3-7,10-14,17H,8,16H2,1-2H3/t10?,11-,12+,13+,14+/m1/s1. The van der Waals surface area contributed by atoms with E-state index < -0.39 is 24.0 Å². The monoisotopic (exact) mass is 279 g/mol. The zero-order valence-corrected chi connectivity index (χ0v) is 11.7. The molecule has 3 N–H and O–H groups in total. The predicted octanol–water partition coefficient (Wildman–Crippen LogP) is 0.794. The van der Waals surface area contributed by atoms with Gasteiger partial charge >= 0.3 is 0 Å². The van der Waals surface area contributed by atoms with E-state index in [0.29, 0.717) is 6.61 Å². The van der Waals surface area contributed by atoms with Gasteiger partial charge in [-0.3, -0.25) is 0 Å². The molecule has 1 aliphatic heterocycles. The van der Waals surface area contributed by atoms with Crippen LogP contribution in [0.25, 0.3) is 0 Å². The summed E-state index contributed by atoms with van der Waals surface area (Å²) in [6, 6.07) is 9.34. The van der Waals surface area contributed by atoms with Crippen LogP contribution < -0.4 is 5.73 Å². The summed E-state index contributed by atoms with van der Waals surface area (Å²) in [5.74, 6) is -0.679. The second kappa shape index (κ2) is 5.09. The molecule has 1 saturated carbocycles. The number of hydrogen-bond donors (Lipinski definition) is 2. The molecule has 5 nitrogen and oxygen atoms in total. The highest BCUT2D eigenvalue weighted by atomic mass is 16.8. The van der Waals surface area contributed by atoms with Gasteiger partial charge in [-0.25, -0.2) is 0 Å². The molecular formula is C15H21NO4. The number of rotatable bonds is 3. The van der Waals surface area contributed by atoms with E-state index in [4.69, 9.17) is 19.9 Å². The maximum Gasteiger partial charge on any atom is 0.163 e. The lowest BCUT2D eigenvalue weighted by Crippen LogP contribution is -2.43. The summed E-state index contributed by atoms with van der Waals surface area (Å²) in [4.78, 5) is 0. The number of fused-ring (bicyclic) bond motifs is 1. The molecule has 110 valence electrons. The highest BCUT2D eigenvalue weighted by molar-refractivity contribution is 5.14. The zero-order valence-electron chi connectivity index (χ0n) is 11.7. The molecule has 0 amide bonds. The number of aliphatic hydroxyl groups is 1. The van der Waals surface area contributed by atoms with Crippen molar-refractivity contribution in [3.8, 4) is 0 Å². The average molecular weight is 279 g/mol. The summed E-state index contributed by atoms with van der Waals surface area (Å²) in [5, 5.41) is 10.2. The minimum absolute atomic E-state index is 0.319. The molecule has 2 fully saturated rings. The lowest BCUT2D eigenvalue weighted by Gasteiger charge is -2.26. The summed E-state index contributed by atoms with van der Waals surface area (Å²) in [5.41, 5.74) is 7.06. The number of ether oxygens (including phenoxy) is 3. The first-order valence-corrected chi connectivity index (χ1v) is 6.93. The van der Waals surface area contributed by atoms with Crippen LogP contribution >= 0.6 is 0 Å². The molecule has 1 heterocycles. The first-order chi connectivity index (χ1) is 9.48. The number of nitrogens with two attached hydrogens (primary N) is 1. The van der Waals surface area contributed by atoms with Crippen LogP contribution in [0.15, 0.2) is 30.3 Å². The van der Waals surface area contributed by atoms with Crippen LogP contribution in [0.2, 0.25) is 0 Å². The van der Waals surface area contributed by atoms with Gasteiger partial charge in [0.2, 0.25) is 0 Å². The summed E-state index contributed by atoms with van der Waals surface area (Å²) in [6.07, 6.45) is -1.87. The Hall–Kier alpha value is -0.980. The quantitative estimate of drug-likeness (QED) is 0.856. The van der Waals surface area contributed by atoms with Crippen molar-refractivity contribution < 1.29 is 19.3 Å². The minimum Gasteiger partial charge on any atom is -0.389 e. The largest absolute Gasteiger partial charge is 0.389 e. The maximum atomic E-state index is 10.2. The van der Waals surface area contributed by atoms with Gasteiger partial charge in [-0.1, -0.05) is 30.3 Å². The summed E-state index contributed by atoms with van der Waals surface area (Å²) in [7, 11) is 0. The van der Waals surface area contributed by atoms with E-state index in [1.165, 1.54) is 0 Å². The average Bonchev–Trinajstić information content (AvgIpc) is 2.84. The Morgan fingerprint density at radius 3 is 2.55 bits per heavy atom. The van der Waals surface area contributed by atoms with Crippen molar-refractivity contribution in [2.75, 3.05) is 0 Å². The van der Waals surface area contributed by atoms with Crippen molar-refractivity contribution in [3.05, 3.63) is 35.9 Å². The van der Waals surface area contributed by atoms with Crippen LogP contribution in [-0.4, -0.2) is 41.4 Å². The van der Waals surface area contributed by atoms with Gasteiger partial charge in [0.25, 0.3) is 0 Å². The number of hydrogen-bond acceptors (Lipinski definition) is 5. The Bertz CT molecular complexity index is 464. The SMILES string of the molecule is CC1(C)O[C@@H]2[C@@H](OCc3ccccc3)[C@H](O)C(N)[C@@H]2O1. The van der Waals surface area contributed by atoms with Crippen molar-refractivity contribution in [2.45, 2.75) is 56.7 Å². The molecule has 5 atom stereocenters. The molecular weight excluding hydrogens is 258 g/mol. The zero-order chi connectivity index (χ0) is 14.3. The first kappa shape index (κ1) is 14.0. The Kier molecular flexibility index (Phi) is 3.56. The molecule has 2 aliphatic rings. The Morgan fingerprint density at radius 2 is 1.85 bits per heavy atom. The van der Waals surface area contributed by atoms with Crippen molar-refractivity contribution in [3.63, 3.8) is 0 Å². The Labute approximate surface area is 118 Å². The van der Waals surface area contributed by atoms with Crippen LogP contribution in [-0.2, 0) is 20.8 Å². The normalized spacial score (nSPS) is 38.9. The third-order valence-electron chi connectivity index (χ3n) is 3.88. The lowest BCUT2D eigenvalue weighted by atomic mass is 10.2. The maximum absolute atomic E-state index is 10.2. The van der Waals surface area contributed by atoms with Gasteiger partial charge in [-0.05, 0) is 19.4 Å². The summed E-state index contributed by atoms with van der Waals surface area (Å²) in [6.45, 7) is 4.11. The first-order valence-electron chi connectivity index (χ1n) is 6.93. The fraction of sp³-hybridized carbons (Fsp3) is 0.600. The van der Waals surface area contributed by atoms with Gasteiger partial charge in [0.05, 0.1) is 12.6 Å². The van der Waals surface area contributed by atoms with Gasteiger partial charge < -0.3 is 25.1 Å². The van der Waals surface area contributed by atoms with Crippen LogP contribution in [0.4, 0.5) is 0 Å². The third-order valence-corrected chi connectivity index (χ3v) is 3.88. The molecule has 1 saturated heterocycles. The molecule has 0 radical (unpaired) electrons. The van der Waals surface area contributed by atoms with Crippen LogP contribution in [0.5, 0.6) is 0 Å². The van der Waals surface area contributed by atoms with Gasteiger partial charge in [0, 0.05) is 0 Å². The third kappa shape index (κ3) is 2.47. The van der Waals surface area contributed by atoms with Gasteiger partial charge in [0.1, 0.15) is 24.4 Å². The Morgan fingerprint density at radius 1 is 1.20 bits per heavy atom. The molecule has 1 aromatic carbocycles. The van der Waals surface area contributed by atoms with E-state index >= 15 is 0 Å². The van der Waals surface area contributed by atoms with E-state index in [2.05, 4.69) is 0 Å². The summed E-state index contributed by atoms with van der Waals surface area (Å²) < 4.78 is 17.4. The molecule has 1 unspecified atom stereocenters. The van der Waals surface area contributed by atoms with Crippen molar-refractivity contribution in [2.24, 2.45) is 5.73 Å². The smallest absolute Gasteiger partial charge is 0.163 e. The van der Waals surface area contributed by atoms with Gasteiger partial charge in [-0.2, -0.15) is 0 Å². The predicted molar refractivity (Wildman–Crippen MR) is 72.8 cm³/mol. The van der Waals surface area contributed by atoms with E-state index in [9.17, 15) is 5.11 Å². The Balaban J connectivity index is 1.69. The second-order valence-corrected chi connectivity index (χ2v) is 5.89. The highest BCUT2D eigenvalue weighted by Gasteiger charge is 2.58. The minimum atomic E-state index is -0.773. The van der Waals surface area contributed by atoms with E-state index in [-0.39, 0.29) is 12.2 Å². The topological polar surface area (TPSA) is 73.9 Å². The molecule has 0 aromatic heterocycles. The number of aliphatic hydroxyl groups excluding tert-OH is 1. The van der Waals surface area contributed by atoms with E-state index in [1.807, 2.05) is 44.2 Å². The fourth-order valence-corrected chi connectivity index (χ4v) is 2.94. The fourth-order valence-electron chi connectivity index (χ4n) is 2.94. The lowest BCUT2D eigenvalue weighted by molar-refractivity contribution is -0.183. The van der Waals surface area contributed by atoms with Gasteiger partial charge in [0.15, 0.2) is 5.79 Å². The van der Waals surface area contributed by atoms with Crippen molar-refractivity contribution in [1.82, 2.24) is 0 Å². The molecule has 0 bridgehead atoms. The molecule has 20 heavy (non-hydrogen) atoms. The van der Waals surface area contributed by atoms with Crippen LogP contribution in [0, 0.1) is 0 Å². The van der Waals surface area contributed by atoms with E-state index in [1.54, 1.807) is 0 Å². The molecule has 5 heteroatoms. The summed E-state index contributed by atoms with van der Waals surface area (Å²) >= 11 is 0. The van der Waals surface area contributed by atoms with E-state index in [0.717, 1.165) is 5.56 Å². The van der Waals surface area contributed by atoms with Crippen molar-refractivity contribution in [1.29, 1.82) is 0 Å².